The molecule has 0 radical (unpaired) electrons. The van der Waals surface area contributed by atoms with Crippen LogP contribution in [0.3, 0.4) is 0 Å². The summed E-state index contributed by atoms with van der Waals surface area (Å²) in [4.78, 5) is 24.3. The third-order valence-electron chi connectivity index (χ3n) is 3.26. The summed E-state index contributed by atoms with van der Waals surface area (Å²) in [6.45, 7) is 2.35. The fourth-order valence-corrected chi connectivity index (χ4v) is 2.35. The van der Waals surface area contributed by atoms with Gasteiger partial charge in [0.25, 0.3) is 5.69 Å². The van der Waals surface area contributed by atoms with Gasteiger partial charge in [0, 0.05) is 23.7 Å². The summed E-state index contributed by atoms with van der Waals surface area (Å²) in [5.74, 6) is 0.962. The van der Waals surface area contributed by atoms with Crippen LogP contribution >= 0.6 is 11.8 Å². The Morgan fingerprint density at radius 1 is 1.50 bits per heavy atom. The molecule has 0 heterocycles. The monoisotopic (exact) mass is 296 g/mol. The highest BCUT2D eigenvalue weighted by Crippen LogP contribution is 2.14. The van der Waals surface area contributed by atoms with Crippen molar-refractivity contribution in [1.82, 2.24) is 4.90 Å². The Labute approximate surface area is 123 Å². The summed E-state index contributed by atoms with van der Waals surface area (Å²) in [5.41, 5.74) is 0.344. The maximum Gasteiger partial charge on any atom is 0.270 e. The highest BCUT2D eigenvalue weighted by molar-refractivity contribution is 7.98. The molecule has 0 amide bonds. The molecule has 1 unspecified atom stereocenters. The van der Waals surface area contributed by atoms with Crippen LogP contribution in [0.15, 0.2) is 24.3 Å². The number of nitro benzene ring substituents is 1. The number of ketones is 1. The molecule has 110 valence electrons. The molecule has 0 aliphatic rings. The van der Waals surface area contributed by atoms with Gasteiger partial charge >= 0.3 is 0 Å². The summed E-state index contributed by atoms with van der Waals surface area (Å²) in [6.07, 6.45) is 3.07. The van der Waals surface area contributed by atoms with Crippen molar-refractivity contribution in [2.45, 2.75) is 19.4 Å². The zero-order valence-corrected chi connectivity index (χ0v) is 12.9. The molecule has 0 aromatic heterocycles. The van der Waals surface area contributed by atoms with Gasteiger partial charge in [-0.1, -0.05) is 12.1 Å². The van der Waals surface area contributed by atoms with E-state index in [1.54, 1.807) is 23.9 Å². The largest absolute Gasteiger partial charge is 0.296 e. The number of likely N-dealkylation sites (N-methyl/N-ethyl adjacent to an activating group) is 1. The van der Waals surface area contributed by atoms with Gasteiger partial charge in [-0.15, -0.1) is 0 Å². The number of nitro groups is 1. The predicted octanol–water partition coefficient (Wildman–Crippen LogP) is 2.85. The Kier molecular flexibility index (Phi) is 6.67. The Morgan fingerprint density at radius 3 is 2.80 bits per heavy atom. The van der Waals surface area contributed by atoms with Crippen LogP contribution in [0.1, 0.15) is 23.7 Å². The van der Waals surface area contributed by atoms with Crippen molar-refractivity contribution >= 4 is 23.2 Å². The molecule has 0 bridgehead atoms. The molecule has 0 spiro atoms. The molecular formula is C14H20N2O3S. The number of non-ortho nitro benzene ring substituents is 1. The molecule has 0 aliphatic heterocycles. The van der Waals surface area contributed by atoms with Crippen LogP contribution in [0.2, 0.25) is 0 Å². The van der Waals surface area contributed by atoms with E-state index in [4.69, 9.17) is 0 Å². The van der Waals surface area contributed by atoms with E-state index in [0.717, 1.165) is 12.2 Å². The zero-order valence-electron chi connectivity index (χ0n) is 12.0. The van der Waals surface area contributed by atoms with Crippen molar-refractivity contribution in [2.24, 2.45) is 0 Å². The first kappa shape index (κ1) is 16.7. The number of benzene rings is 1. The van der Waals surface area contributed by atoms with Crippen molar-refractivity contribution in [1.29, 1.82) is 0 Å². The van der Waals surface area contributed by atoms with Gasteiger partial charge in [0.2, 0.25) is 0 Å². The molecule has 1 atom stereocenters. The van der Waals surface area contributed by atoms with E-state index in [-0.39, 0.29) is 18.0 Å². The van der Waals surface area contributed by atoms with Gasteiger partial charge in [-0.2, -0.15) is 11.8 Å². The van der Waals surface area contributed by atoms with Gasteiger partial charge < -0.3 is 0 Å². The van der Waals surface area contributed by atoms with E-state index in [0.29, 0.717) is 11.6 Å². The van der Waals surface area contributed by atoms with Gasteiger partial charge in [0.1, 0.15) is 0 Å². The quantitative estimate of drug-likeness (QED) is 0.419. The highest BCUT2D eigenvalue weighted by Gasteiger charge is 2.16. The van der Waals surface area contributed by atoms with Crippen molar-refractivity contribution < 1.29 is 9.72 Å². The van der Waals surface area contributed by atoms with Gasteiger partial charge in [-0.3, -0.25) is 19.8 Å². The van der Waals surface area contributed by atoms with Gasteiger partial charge in [0.05, 0.1) is 11.5 Å². The third kappa shape index (κ3) is 4.94. The maximum atomic E-state index is 12.1. The minimum absolute atomic E-state index is 0.0473. The molecule has 0 saturated carbocycles. The van der Waals surface area contributed by atoms with Crippen LogP contribution in [0.25, 0.3) is 0 Å². The van der Waals surface area contributed by atoms with E-state index >= 15 is 0 Å². The van der Waals surface area contributed by atoms with Crippen LogP contribution in [0.5, 0.6) is 0 Å². The fourth-order valence-electron chi connectivity index (χ4n) is 1.78. The van der Waals surface area contributed by atoms with Crippen molar-refractivity contribution in [2.75, 3.05) is 25.6 Å². The summed E-state index contributed by atoms with van der Waals surface area (Å²) < 4.78 is 0. The lowest BCUT2D eigenvalue weighted by molar-refractivity contribution is -0.384. The first-order valence-electron chi connectivity index (χ1n) is 6.42. The number of Topliss-reactive ketones (excluding diaryl/α,β-unsaturated/α-hetero) is 1. The van der Waals surface area contributed by atoms with E-state index in [2.05, 4.69) is 13.2 Å². The third-order valence-corrected chi connectivity index (χ3v) is 3.91. The van der Waals surface area contributed by atoms with Crippen molar-refractivity contribution in [3.05, 3.63) is 39.9 Å². The normalized spacial score (nSPS) is 12.4. The SMILES string of the molecule is CSCCC(C)N(C)CC(=O)c1cccc([N+](=O)[O-])c1. The van der Waals surface area contributed by atoms with Crippen LogP contribution < -0.4 is 0 Å². The highest BCUT2D eigenvalue weighted by atomic mass is 32.2. The van der Waals surface area contributed by atoms with Crippen molar-refractivity contribution in [3.8, 4) is 0 Å². The van der Waals surface area contributed by atoms with E-state index in [9.17, 15) is 14.9 Å². The van der Waals surface area contributed by atoms with Gasteiger partial charge in [-0.05, 0) is 32.4 Å². The number of carbonyl (C=O) groups is 1. The minimum atomic E-state index is -0.485. The second-order valence-corrected chi connectivity index (χ2v) is 5.76. The Bertz CT molecular complexity index is 479. The van der Waals surface area contributed by atoms with Gasteiger partial charge in [-0.25, -0.2) is 0 Å². The molecular weight excluding hydrogens is 276 g/mol. The molecule has 20 heavy (non-hydrogen) atoms. The predicted molar refractivity (Wildman–Crippen MR) is 82.5 cm³/mol. The molecule has 5 nitrogen and oxygen atoms in total. The number of rotatable bonds is 8. The standard InChI is InChI=1S/C14H20N2O3S/c1-11(7-8-20-3)15(2)10-14(17)12-5-4-6-13(9-12)16(18)19/h4-6,9,11H,7-8,10H2,1-3H3. The van der Waals surface area contributed by atoms with Gasteiger partial charge in [0.15, 0.2) is 5.78 Å². The zero-order chi connectivity index (χ0) is 15.1. The molecule has 1 aromatic carbocycles. The minimum Gasteiger partial charge on any atom is -0.296 e. The molecule has 0 N–H and O–H groups in total. The van der Waals surface area contributed by atoms with Crippen LogP contribution in [0, 0.1) is 10.1 Å². The Balaban J connectivity index is 2.66. The van der Waals surface area contributed by atoms with Crippen LogP contribution in [0.4, 0.5) is 5.69 Å². The maximum absolute atomic E-state index is 12.1. The molecule has 0 aliphatic carbocycles. The smallest absolute Gasteiger partial charge is 0.270 e. The lowest BCUT2D eigenvalue weighted by Gasteiger charge is -2.23. The average molecular weight is 296 g/mol. The number of nitrogens with zero attached hydrogens (tertiary/aromatic N) is 2. The second kappa shape index (κ2) is 8.01. The first-order chi connectivity index (χ1) is 9.45. The number of hydrogen-bond acceptors (Lipinski definition) is 5. The molecule has 6 heteroatoms. The average Bonchev–Trinajstić information content (AvgIpc) is 2.44. The molecule has 0 saturated heterocycles. The summed E-state index contributed by atoms with van der Waals surface area (Å²) in [7, 11) is 1.90. The van der Waals surface area contributed by atoms with E-state index in [1.807, 2.05) is 11.9 Å². The topological polar surface area (TPSA) is 63.5 Å². The van der Waals surface area contributed by atoms with Crippen molar-refractivity contribution in [3.63, 3.8) is 0 Å². The van der Waals surface area contributed by atoms with E-state index in [1.165, 1.54) is 12.1 Å². The lowest BCUT2D eigenvalue weighted by Crippen LogP contribution is -2.34. The Hall–Kier alpha value is -1.40. The summed E-state index contributed by atoms with van der Waals surface area (Å²) in [5, 5.41) is 10.7. The fraction of sp³-hybridized carbons (Fsp3) is 0.500. The second-order valence-electron chi connectivity index (χ2n) is 4.78. The summed E-state index contributed by atoms with van der Waals surface area (Å²) in [6, 6.07) is 6.20. The molecule has 1 rings (SSSR count). The number of hydrogen-bond donors (Lipinski definition) is 0. The first-order valence-corrected chi connectivity index (χ1v) is 7.82. The summed E-state index contributed by atoms with van der Waals surface area (Å²) >= 11 is 1.78. The number of thioether (sulfide) groups is 1. The van der Waals surface area contributed by atoms with Crippen LogP contribution in [-0.4, -0.2) is 47.2 Å². The molecule has 1 aromatic rings. The van der Waals surface area contributed by atoms with E-state index < -0.39 is 4.92 Å². The Morgan fingerprint density at radius 2 is 2.20 bits per heavy atom. The number of carbonyl (C=O) groups excluding carboxylic acids is 1. The lowest BCUT2D eigenvalue weighted by atomic mass is 10.1. The molecule has 0 fully saturated rings. The van der Waals surface area contributed by atoms with Crippen LogP contribution in [-0.2, 0) is 0 Å².